The number of nitrogens with zero attached hydrogens (tertiary/aromatic N) is 1. The van der Waals surface area contributed by atoms with Crippen LogP contribution in [-0.4, -0.2) is 35.3 Å². The number of nitrogens with one attached hydrogen (secondary N) is 2. The van der Waals surface area contributed by atoms with Crippen molar-refractivity contribution in [2.75, 3.05) is 6.54 Å². The van der Waals surface area contributed by atoms with Gasteiger partial charge in [0, 0.05) is 12.5 Å². The van der Waals surface area contributed by atoms with Crippen LogP contribution in [0.5, 0.6) is 0 Å². The molecule has 0 spiro atoms. The fraction of sp³-hybridized carbons (Fsp3) is 0.400. The van der Waals surface area contributed by atoms with Gasteiger partial charge < -0.3 is 10.6 Å². The van der Waals surface area contributed by atoms with E-state index in [0.29, 0.717) is 17.9 Å². The predicted octanol–water partition coefficient (Wildman–Crippen LogP) is 3.37. The molecular formula is C25H29N3O3. The maximum Gasteiger partial charge on any atom is 0.325 e. The fourth-order valence-corrected chi connectivity index (χ4v) is 4.74. The molecule has 2 aromatic rings. The van der Waals surface area contributed by atoms with E-state index < -0.39 is 11.6 Å². The van der Waals surface area contributed by atoms with Gasteiger partial charge in [0.15, 0.2) is 5.54 Å². The summed E-state index contributed by atoms with van der Waals surface area (Å²) in [5, 5.41) is 5.95. The Bertz CT molecular complexity index is 947. The molecule has 1 aliphatic carbocycles. The van der Waals surface area contributed by atoms with Gasteiger partial charge in [-0.25, -0.2) is 4.79 Å². The highest BCUT2D eigenvalue weighted by atomic mass is 16.2. The molecule has 0 bridgehead atoms. The SMILES string of the molecule is C[C@H]1CCCC[C@H]1NC(=O)CN1C(=O)N[C@](Cc2ccccc2)(c2ccccc2)C1=O. The number of amides is 4. The molecule has 2 fully saturated rings. The van der Waals surface area contributed by atoms with Crippen molar-refractivity contribution in [3.8, 4) is 0 Å². The van der Waals surface area contributed by atoms with Crippen molar-refractivity contribution in [2.24, 2.45) is 5.92 Å². The lowest BCUT2D eigenvalue weighted by molar-refractivity contribution is -0.135. The van der Waals surface area contributed by atoms with Crippen molar-refractivity contribution >= 4 is 17.8 Å². The lowest BCUT2D eigenvalue weighted by Crippen LogP contribution is -2.48. The van der Waals surface area contributed by atoms with Crippen LogP contribution in [0.25, 0.3) is 0 Å². The molecule has 0 radical (unpaired) electrons. The van der Waals surface area contributed by atoms with Gasteiger partial charge >= 0.3 is 6.03 Å². The highest BCUT2D eigenvalue weighted by Gasteiger charge is 2.52. The summed E-state index contributed by atoms with van der Waals surface area (Å²) in [6.07, 6.45) is 4.61. The summed E-state index contributed by atoms with van der Waals surface area (Å²) in [5.74, 6) is -0.271. The van der Waals surface area contributed by atoms with Gasteiger partial charge in [0.25, 0.3) is 5.91 Å². The van der Waals surface area contributed by atoms with E-state index in [-0.39, 0.29) is 24.4 Å². The molecule has 1 aliphatic heterocycles. The molecule has 2 aliphatic rings. The first kappa shape index (κ1) is 21.1. The number of rotatable bonds is 6. The molecule has 0 unspecified atom stereocenters. The summed E-state index contributed by atoms with van der Waals surface area (Å²) in [7, 11) is 0. The maximum absolute atomic E-state index is 13.6. The molecule has 4 rings (SSSR count). The molecule has 1 saturated carbocycles. The number of hydrogen-bond acceptors (Lipinski definition) is 3. The van der Waals surface area contributed by atoms with Crippen molar-refractivity contribution in [3.05, 3.63) is 71.8 Å². The molecule has 2 N–H and O–H groups in total. The Morgan fingerprint density at radius 2 is 1.68 bits per heavy atom. The summed E-state index contributed by atoms with van der Waals surface area (Å²) in [6, 6.07) is 18.4. The van der Waals surface area contributed by atoms with Crippen molar-refractivity contribution in [2.45, 2.75) is 50.6 Å². The van der Waals surface area contributed by atoms with Gasteiger partial charge in [0.2, 0.25) is 5.91 Å². The molecule has 6 nitrogen and oxygen atoms in total. The average molecular weight is 420 g/mol. The van der Waals surface area contributed by atoms with E-state index in [9.17, 15) is 14.4 Å². The molecule has 3 atom stereocenters. The molecule has 4 amide bonds. The van der Waals surface area contributed by atoms with E-state index in [0.717, 1.165) is 29.7 Å². The summed E-state index contributed by atoms with van der Waals surface area (Å²) in [4.78, 5) is 40.2. The molecule has 0 aromatic heterocycles. The quantitative estimate of drug-likeness (QED) is 0.705. The Balaban J connectivity index is 1.56. The van der Waals surface area contributed by atoms with Crippen LogP contribution >= 0.6 is 0 Å². The van der Waals surface area contributed by atoms with Crippen molar-refractivity contribution in [1.82, 2.24) is 15.5 Å². The van der Waals surface area contributed by atoms with Crippen LogP contribution in [-0.2, 0) is 21.5 Å². The van der Waals surface area contributed by atoms with Gasteiger partial charge in [-0.15, -0.1) is 0 Å². The Morgan fingerprint density at radius 1 is 1.03 bits per heavy atom. The fourth-order valence-electron chi connectivity index (χ4n) is 4.74. The topological polar surface area (TPSA) is 78.5 Å². The van der Waals surface area contributed by atoms with E-state index in [1.54, 1.807) is 0 Å². The van der Waals surface area contributed by atoms with Gasteiger partial charge in [0.1, 0.15) is 6.54 Å². The van der Waals surface area contributed by atoms with Crippen LogP contribution in [0, 0.1) is 5.92 Å². The Morgan fingerprint density at radius 3 is 2.35 bits per heavy atom. The van der Waals surface area contributed by atoms with Gasteiger partial charge in [0.05, 0.1) is 0 Å². The second-order valence-corrected chi connectivity index (χ2v) is 8.69. The largest absolute Gasteiger partial charge is 0.352 e. The molecule has 162 valence electrons. The van der Waals surface area contributed by atoms with Crippen molar-refractivity contribution < 1.29 is 14.4 Å². The summed E-state index contributed by atoms with van der Waals surface area (Å²) in [6.45, 7) is 1.87. The van der Waals surface area contributed by atoms with Crippen LogP contribution in [0.4, 0.5) is 4.79 Å². The smallest absolute Gasteiger partial charge is 0.325 e. The van der Waals surface area contributed by atoms with Crippen LogP contribution in [0.3, 0.4) is 0 Å². The third-order valence-corrected chi connectivity index (χ3v) is 6.51. The van der Waals surface area contributed by atoms with E-state index in [1.165, 1.54) is 6.42 Å². The van der Waals surface area contributed by atoms with Gasteiger partial charge in [-0.1, -0.05) is 80.4 Å². The summed E-state index contributed by atoms with van der Waals surface area (Å²) >= 11 is 0. The first-order valence-electron chi connectivity index (χ1n) is 11.0. The van der Waals surface area contributed by atoms with Crippen LogP contribution in [0.1, 0.15) is 43.7 Å². The number of carbonyl (C=O) groups is 3. The van der Waals surface area contributed by atoms with E-state index in [2.05, 4.69) is 17.6 Å². The third-order valence-electron chi connectivity index (χ3n) is 6.51. The number of carbonyl (C=O) groups excluding carboxylic acids is 3. The van der Waals surface area contributed by atoms with Gasteiger partial charge in [-0.05, 0) is 29.9 Å². The first-order chi connectivity index (χ1) is 15.0. The zero-order valence-electron chi connectivity index (χ0n) is 17.8. The summed E-state index contributed by atoms with van der Waals surface area (Å²) in [5.41, 5.74) is 0.418. The standard InChI is InChI=1S/C25H29N3O3/c1-18-10-8-9-15-21(18)26-22(29)17-28-23(30)25(27-24(28)31,20-13-6-3-7-14-20)16-19-11-4-2-5-12-19/h2-7,11-14,18,21H,8-10,15-17H2,1H3,(H,26,29)(H,27,31)/t18-,21+,25+/m0/s1. The predicted molar refractivity (Wildman–Crippen MR) is 118 cm³/mol. The van der Waals surface area contributed by atoms with Crippen LogP contribution in [0.2, 0.25) is 0 Å². The van der Waals surface area contributed by atoms with E-state index in [1.807, 2.05) is 60.7 Å². The van der Waals surface area contributed by atoms with Crippen molar-refractivity contribution in [3.63, 3.8) is 0 Å². The van der Waals surface area contributed by atoms with Crippen LogP contribution in [0.15, 0.2) is 60.7 Å². The zero-order chi connectivity index (χ0) is 21.8. The Kier molecular flexibility index (Phi) is 6.07. The molecule has 1 heterocycles. The highest BCUT2D eigenvalue weighted by Crippen LogP contribution is 2.33. The maximum atomic E-state index is 13.6. The average Bonchev–Trinajstić information content (AvgIpc) is 3.01. The lowest BCUT2D eigenvalue weighted by atomic mass is 9.83. The van der Waals surface area contributed by atoms with Crippen molar-refractivity contribution in [1.29, 1.82) is 0 Å². The minimum atomic E-state index is -1.22. The second-order valence-electron chi connectivity index (χ2n) is 8.69. The van der Waals surface area contributed by atoms with Gasteiger partial charge in [-0.3, -0.25) is 14.5 Å². The first-order valence-corrected chi connectivity index (χ1v) is 11.0. The second kappa shape index (κ2) is 8.92. The molecule has 1 saturated heterocycles. The highest BCUT2D eigenvalue weighted by molar-refractivity contribution is 6.09. The minimum Gasteiger partial charge on any atom is -0.352 e. The molecule has 6 heteroatoms. The lowest BCUT2D eigenvalue weighted by Gasteiger charge is -2.30. The van der Waals surface area contributed by atoms with E-state index >= 15 is 0 Å². The normalized spacial score (nSPS) is 25.9. The summed E-state index contributed by atoms with van der Waals surface area (Å²) < 4.78 is 0. The van der Waals surface area contributed by atoms with Gasteiger partial charge in [-0.2, -0.15) is 0 Å². The number of hydrogen-bond donors (Lipinski definition) is 2. The number of urea groups is 1. The zero-order valence-corrected chi connectivity index (χ0v) is 17.8. The molecule has 31 heavy (non-hydrogen) atoms. The minimum absolute atomic E-state index is 0.102. The molecular weight excluding hydrogens is 390 g/mol. The number of imide groups is 1. The van der Waals surface area contributed by atoms with E-state index in [4.69, 9.17) is 0 Å². The Hall–Kier alpha value is -3.15. The number of benzene rings is 2. The van der Waals surface area contributed by atoms with Crippen LogP contribution < -0.4 is 10.6 Å². The third kappa shape index (κ3) is 4.33. The molecule has 2 aromatic carbocycles. The monoisotopic (exact) mass is 419 g/mol. The Labute approximate surface area is 183 Å².